The number of halogens is 3. The molecule has 0 aromatic heterocycles. The number of nitrogens with one attached hydrogen (secondary N) is 1. The molecular weight excluding hydrogens is 547 g/mol. The van der Waals surface area contributed by atoms with Crippen LogP contribution in [0.25, 0.3) is 5.57 Å². The highest BCUT2D eigenvalue weighted by Gasteiger charge is 2.34. The van der Waals surface area contributed by atoms with Gasteiger partial charge in [0.05, 0.1) is 12.0 Å². The zero-order valence-electron chi connectivity index (χ0n) is 22.7. The summed E-state index contributed by atoms with van der Waals surface area (Å²) in [7, 11) is 0. The van der Waals surface area contributed by atoms with Gasteiger partial charge in [0.1, 0.15) is 0 Å². The molecule has 0 saturated heterocycles. The van der Waals surface area contributed by atoms with Gasteiger partial charge in [-0.25, -0.2) is 0 Å². The molecule has 3 aromatic carbocycles. The van der Waals surface area contributed by atoms with Gasteiger partial charge in [0.15, 0.2) is 11.6 Å². The first-order chi connectivity index (χ1) is 20.0. The average molecular weight is 578 g/mol. The summed E-state index contributed by atoms with van der Waals surface area (Å²) in [4.78, 5) is 49.9. The Morgan fingerprint density at radius 3 is 2.02 bits per heavy atom. The van der Waals surface area contributed by atoms with Crippen LogP contribution in [0.1, 0.15) is 92.2 Å². The number of amides is 1. The number of carbonyl (C=O) groups excluding carboxylic acids is 3. The van der Waals surface area contributed by atoms with Crippen LogP contribution in [0.4, 0.5) is 13.2 Å². The number of allylic oxidation sites excluding steroid dienone is 2. The smallest absolute Gasteiger partial charge is 0.417 e. The van der Waals surface area contributed by atoms with Gasteiger partial charge in [-0.15, -0.1) is 0 Å². The molecule has 1 amide bonds. The normalized spacial score (nSPS) is 14.3. The van der Waals surface area contributed by atoms with Crippen LogP contribution in [-0.2, 0) is 11.0 Å². The molecule has 2 N–H and O–H groups in total. The predicted molar refractivity (Wildman–Crippen MR) is 151 cm³/mol. The van der Waals surface area contributed by atoms with Crippen molar-refractivity contribution in [2.24, 2.45) is 0 Å². The van der Waals surface area contributed by atoms with Gasteiger partial charge in [-0.3, -0.25) is 19.2 Å². The molecule has 1 fully saturated rings. The van der Waals surface area contributed by atoms with Crippen LogP contribution in [0.15, 0.2) is 78.9 Å². The lowest BCUT2D eigenvalue weighted by Gasteiger charge is -2.22. The molecule has 9 heteroatoms. The molecule has 0 bridgehead atoms. The molecule has 6 nitrogen and oxygen atoms in total. The van der Waals surface area contributed by atoms with Crippen LogP contribution in [0.3, 0.4) is 0 Å². The van der Waals surface area contributed by atoms with Crippen molar-refractivity contribution in [1.29, 1.82) is 0 Å². The summed E-state index contributed by atoms with van der Waals surface area (Å²) in [6, 6.07) is 17.2. The topological polar surface area (TPSA) is 101 Å². The summed E-state index contributed by atoms with van der Waals surface area (Å²) in [6.45, 7) is -0.0693. The number of Topliss-reactive ketones (excluding diaryl/α,β-unsaturated/α-hetero) is 1. The van der Waals surface area contributed by atoms with Crippen LogP contribution in [-0.4, -0.2) is 35.1 Å². The number of benzene rings is 3. The van der Waals surface area contributed by atoms with E-state index < -0.39 is 40.7 Å². The van der Waals surface area contributed by atoms with Crippen molar-refractivity contribution in [3.8, 4) is 0 Å². The third-order valence-electron chi connectivity index (χ3n) is 7.35. The Balaban J connectivity index is 1.67. The van der Waals surface area contributed by atoms with Crippen LogP contribution in [0, 0.1) is 0 Å². The highest BCUT2D eigenvalue weighted by molar-refractivity contribution is 6.33. The molecule has 0 heterocycles. The molecule has 1 saturated carbocycles. The molecule has 4 rings (SSSR count). The lowest BCUT2D eigenvalue weighted by Crippen LogP contribution is -2.26. The van der Waals surface area contributed by atoms with Crippen LogP contribution in [0.5, 0.6) is 0 Å². The first-order valence-electron chi connectivity index (χ1n) is 13.7. The summed E-state index contributed by atoms with van der Waals surface area (Å²) in [5.41, 5.74) is 0.0634. The van der Waals surface area contributed by atoms with Crippen LogP contribution in [0.2, 0.25) is 0 Å². The van der Waals surface area contributed by atoms with E-state index in [0.29, 0.717) is 11.5 Å². The Bertz CT molecular complexity index is 1490. The molecule has 0 radical (unpaired) electrons. The van der Waals surface area contributed by atoms with Crippen molar-refractivity contribution in [2.75, 3.05) is 6.54 Å². The lowest BCUT2D eigenvalue weighted by atomic mass is 9.83. The van der Waals surface area contributed by atoms with E-state index in [1.165, 1.54) is 42.8 Å². The second-order valence-electron chi connectivity index (χ2n) is 10.2. The van der Waals surface area contributed by atoms with Gasteiger partial charge in [-0.05, 0) is 54.2 Å². The molecule has 0 spiro atoms. The Kier molecular flexibility index (Phi) is 9.72. The third kappa shape index (κ3) is 7.60. The first kappa shape index (κ1) is 30.4. The maximum absolute atomic E-state index is 13.7. The van der Waals surface area contributed by atoms with Crippen LogP contribution < -0.4 is 5.32 Å². The third-order valence-corrected chi connectivity index (χ3v) is 7.35. The number of ketones is 2. The molecular formula is C33H30F3NO5. The molecule has 1 aliphatic carbocycles. The Morgan fingerprint density at radius 2 is 1.40 bits per heavy atom. The zero-order valence-corrected chi connectivity index (χ0v) is 22.7. The number of hydrogen-bond donors (Lipinski definition) is 2. The van der Waals surface area contributed by atoms with Crippen molar-refractivity contribution in [3.63, 3.8) is 0 Å². The maximum atomic E-state index is 13.7. The number of aliphatic carboxylic acids is 1. The van der Waals surface area contributed by atoms with Gasteiger partial charge in [0, 0.05) is 28.8 Å². The fraction of sp³-hybridized carbons (Fsp3) is 0.273. The minimum Gasteiger partial charge on any atom is -0.481 e. The Hall–Kier alpha value is -4.53. The second kappa shape index (κ2) is 13.4. The average Bonchev–Trinajstić information content (AvgIpc) is 2.99. The standard InChI is InChI=1S/C33H30F3NO5/c34-33(35,36)28-9-5-4-8-26(28)29(38)20-27(23-12-10-22(11-13-23)21-6-2-1-3-7-21)31(41)24-14-16-25(17-15-24)32(42)37-19-18-30(39)40/h4-5,8-17,20-21H,1-3,6-7,18-19H2,(H,37,42)(H,39,40)/b27-20-. The van der Waals surface area contributed by atoms with E-state index in [1.54, 1.807) is 12.1 Å². The van der Waals surface area contributed by atoms with Crippen LogP contribution >= 0.6 is 0 Å². The highest BCUT2D eigenvalue weighted by atomic mass is 19.4. The monoisotopic (exact) mass is 577 g/mol. The summed E-state index contributed by atoms with van der Waals surface area (Å²) < 4.78 is 40.9. The fourth-order valence-corrected chi connectivity index (χ4v) is 5.12. The van der Waals surface area contributed by atoms with E-state index in [4.69, 9.17) is 5.11 Å². The number of hydrogen-bond acceptors (Lipinski definition) is 4. The summed E-state index contributed by atoms with van der Waals surface area (Å²) in [5.74, 6) is -2.75. The second-order valence-corrected chi connectivity index (χ2v) is 10.2. The van der Waals surface area contributed by atoms with E-state index in [9.17, 15) is 32.3 Å². The molecule has 0 atom stereocenters. The Morgan fingerprint density at radius 1 is 0.810 bits per heavy atom. The van der Waals surface area contributed by atoms with E-state index in [-0.39, 0.29) is 29.7 Å². The van der Waals surface area contributed by atoms with Gasteiger partial charge in [-0.1, -0.05) is 73.9 Å². The minimum absolute atomic E-state index is 0.0693. The van der Waals surface area contributed by atoms with Crippen molar-refractivity contribution in [3.05, 3.63) is 112 Å². The summed E-state index contributed by atoms with van der Waals surface area (Å²) in [5, 5.41) is 11.2. The Labute approximate surface area is 241 Å². The lowest BCUT2D eigenvalue weighted by molar-refractivity contribution is -0.138. The molecule has 218 valence electrons. The van der Waals surface area contributed by atoms with Crippen molar-refractivity contribution in [1.82, 2.24) is 5.32 Å². The quantitative estimate of drug-likeness (QED) is 0.198. The number of alkyl halides is 3. The van der Waals surface area contributed by atoms with E-state index in [0.717, 1.165) is 49.5 Å². The van der Waals surface area contributed by atoms with E-state index in [2.05, 4.69) is 5.32 Å². The predicted octanol–water partition coefficient (Wildman–Crippen LogP) is 7.11. The van der Waals surface area contributed by atoms with Gasteiger partial charge in [0.2, 0.25) is 0 Å². The van der Waals surface area contributed by atoms with Crippen molar-refractivity contribution in [2.45, 2.75) is 50.6 Å². The number of rotatable bonds is 10. The number of carboxylic acids is 1. The van der Waals surface area contributed by atoms with Gasteiger partial charge >= 0.3 is 12.1 Å². The SMILES string of the molecule is O=C(O)CCNC(=O)c1ccc(C(=O)/C(=C\C(=O)c2ccccc2C(F)(F)F)c2ccc(C3CCCCC3)cc2)cc1. The molecule has 0 aliphatic heterocycles. The first-order valence-corrected chi connectivity index (χ1v) is 13.7. The van der Waals surface area contributed by atoms with E-state index >= 15 is 0 Å². The number of carbonyl (C=O) groups is 4. The van der Waals surface area contributed by atoms with E-state index in [1.807, 2.05) is 12.1 Å². The molecule has 42 heavy (non-hydrogen) atoms. The molecule has 0 unspecified atom stereocenters. The van der Waals surface area contributed by atoms with Crippen molar-refractivity contribution >= 4 is 29.0 Å². The maximum Gasteiger partial charge on any atom is 0.417 e. The number of carboxylic acid groups (broad SMARTS) is 1. The van der Waals surface area contributed by atoms with Gasteiger partial charge in [0.25, 0.3) is 5.91 Å². The fourth-order valence-electron chi connectivity index (χ4n) is 5.12. The molecule has 1 aliphatic rings. The summed E-state index contributed by atoms with van der Waals surface area (Å²) in [6.07, 6.45) is 1.52. The largest absolute Gasteiger partial charge is 0.481 e. The highest BCUT2D eigenvalue weighted by Crippen LogP contribution is 2.35. The van der Waals surface area contributed by atoms with Gasteiger partial charge in [-0.2, -0.15) is 13.2 Å². The zero-order chi connectivity index (χ0) is 30.3. The van der Waals surface area contributed by atoms with Crippen molar-refractivity contribution < 1.29 is 37.5 Å². The molecule has 3 aromatic rings. The van der Waals surface area contributed by atoms with Gasteiger partial charge < -0.3 is 10.4 Å². The summed E-state index contributed by atoms with van der Waals surface area (Å²) >= 11 is 0. The minimum atomic E-state index is -4.76.